The molecule has 0 radical (unpaired) electrons. The van der Waals surface area contributed by atoms with Gasteiger partial charge in [0.1, 0.15) is 11.4 Å². The molecule has 0 fully saturated rings. The molecule has 0 aliphatic heterocycles. The van der Waals surface area contributed by atoms with Crippen molar-refractivity contribution in [3.05, 3.63) is 22.7 Å². The number of hydrogen-bond donors (Lipinski definition) is 0. The first-order chi connectivity index (χ1) is 9.92. The van der Waals surface area contributed by atoms with Crippen LogP contribution in [-0.2, 0) is 14.3 Å². The number of methoxy groups -OCH3 is 1. The number of esters is 2. The molecule has 0 atom stereocenters. The number of alkyl halides is 2. The first kappa shape index (κ1) is 18.1. The van der Waals surface area contributed by atoms with E-state index in [2.05, 4.69) is 15.9 Å². The maximum absolute atomic E-state index is 11.7. The van der Waals surface area contributed by atoms with Crippen LogP contribution in [0.4, 0.5) is 0 Å². The molecular formula is C13H13BrCl2O5. The molecule has 5 nitrogen and oxygen atoms in total. The highest BCUT2D eigenvalue weighted by molar-refractivity contribution is 9.10. The number of hydrogen-bond acceptors (Lipinski definition) is 5. The van der Waals surface area contributed by atoms with Gasteiger partial charge in [-0.15, -0.1) is 23.2 Å². The average molecular weight is 400 g/mol. The highest BCUT2D eigenvalue weighted by Gasteiger charge is 2.14. The molecule has 1 aromatic rings. The van der Waals surface area contributed by atoms with Crippen molar-refractivity contribution in [2.45, 2.75) is 17.7 Å². The molecule has 0 saturated heterocycles. The van der Waals surface area contributed by atoms with Gasteiger partial charge in [-0.2, -0.15) is 0 Å². The van der Waals surface area contributed by atoms with E-state index in [0.717, 1.165) is 4.47 Å². The van der Waals surface area contributed by atoms with Gasteiger partial charge in [0.05, 0.1) is 20.0 Å². The van der Waals surface area contributed by atoms with Crippen LogP contribution in [0.25, 0.3) is 0 Å². The molecule has 0 N–H and O–H groups in total. The maximum Gasteiger partial charge on any atom is 0.311 e. The second-order valence-corrected chi connectivity index (χ2v) is 6.04. The minimum absolute atomic E-state index is 0.113. The Kier molecular flexibility index (Phi) is 7.85. The van der Waals surface area contributed by atoms with E-state index in [1.54, 1.807) is 18.2 Å². The standard InChI is InChI=1S/C13H13BrCl2O5/c1-19-10-6-8(14)2-3-9(10)21-13(18)5-4-12(17)20-7-11(15)16/h2-3,6,11H,4-5,7H2,1H3. The fraction of sp³-hybridized carbons (Fsp3) is 0.385. The summed E-state index contributed by atoms with van der Waals surface area (Å²) in [6.45, 7) is -0.114. The summed E-state index contributed by atoms with van der Waals surface area (Å²) in [5.41, 5.74) is 0. The lowest BCUT2D eigenvalue weighted by molar-refractivity contribution is -0.146. The zero-order valence-corrected chi connectivity index (χ0v) is 14.2. The van der Waals surface area contributed by atoms with Gasteiger partial charge in [0, 0.05) is 4.47 Å². The average Bonchev–Trinajstić information content (AvgIpc) is 2.44. The van der Waals surface area contributed by atoms with E-state index in [4.69, 9.17) is 37.4 Å². The summed E-state index contributed by atoms with van der Waals surface area (Å²) in [7, 11) is 1.46. The zero-order valence-electron chi connectivity index (χ0n) is 11.1. The second kappa shape index (κ2) is 9.12. The van der Waals surface area contributed by atoms with Crippen LogP contribution in [0.1, 0.15) is 12.8 Å². The number of carbonyl (C=O) groups is 2. The Bertz CT molecular complexity index is 507. The van der Waals surface area contributed by atoms with Crippen LogP contribution in [0, 0.1) is 0 Å². The highest BCUT2D eigenvalue weighted by atomic mass is 79.9. The smallest absolute Gasteiger partial charge is 0.311 e. The van der Waals surface area contributed by atoms with Crippen molar-refractivity contribution in [2.75, 3.05) is 13.7 Å². The van der Waals surface area contributed by atoms with Crippen LogP contribution in [0.5, 0.6) is 11.5 Å². The van der Waals surface area contributed by atoms with Crippen LogP contribution < -0.4 is 9.47 Å². The van der Waals surface area contributed by atoms with E-state index >= 15 is 0 Å². The normalized spacial score (nSPS) is 10.3. The van der Waals surface area contributed by atoms with Gasteiger partial charge >= 0.3 is 11.9 Å². The molecule has 0 aromatic heterocycles. The number of halogens is 3. The largest absolute Gasteiger partial charge is 0.493 e. The van der Waals surface area contributed by atoms with E-state index < -0.39 is 16.8 Å². The maximum atomic E-state index is 11.7. The summed E-state index contributed by atoms with van der Waals surface area (Å²) in [6, 6.07) is 4.96. The SMILES string of the molecule is COc1cc(Br)ccc1OC(=O)CCC(=O)OCC(Cl)Cl. The molecule has 1 rings (SSSR count). The van der Waals surface area contributed by atoms with Gasteiger partial charge < -0.3 is 14.2 Å². The molecule has 8 heteroatoms. The molecule has 21 heavy (non-hydrogen) atoms. The van der Waals surface area contributed by atoms with E-state index in [0.29, 0.717) is 5.75 Å². The Morgan fingerprint density at radius 1 is 1.19 bits per heavy atom. The molecule has 0 heterocycles. The van der Waals surface area contributed by atoms with Crippen molar-refractivity contribution in [1.29, 1.82) is 0 Å². The van der Waals surface area contributed by atoms with Crippen LogP contribution >= 0.6 is 39.1 Å². The predicted octanol–water partition coefficient (Wildman–Crippen LogP) is 3.49. The summed E-state index contributed by atoms with van der Waals surface area (Å²) >= 11 is 14.1. The van der Waals surface area contributed by atoms with Crippen molar-refractivity contribution in [1.82, 2.24) is 0 Å². The quantitative estimate of drug-likeness (QED) is 0.399. The van der Waals surface area contributed by atoms with Gasteiger partial charge in [-0.1, -0.05) is 15.9 Å². The number of ether oxygens (including phenoxy) is 3. The molecular weight excluding hydrogens is 387 g/mol. The minimum atomic E-state index is -0.784. The van der Waals surface area contributed by atoms with E-state index in [-0.39, 0.29) is 25.2 Å². The van der Waals surface area contributed by atoms with Gasteiger partial charge in [-0.3, -0.25) is 9.59 Å². The Hall–Kier alpha value is -0.980. The fourth-order valence-corrected chi connectivity index (χ4v) is 1.80. The van der Waals surface area contributed by atoms with Crippen molar-refractivity contribution in [2.24, 2.45) is 0 Å². The molecule has 0 amide bonds. The van der Waals surface area contributed by atoms with Gasteiger partial charge in [-0.05, 0) is 18.2 Å². The molecule has 0 aliphatic carbocycles. The predicted molar refractivity (Wildman–Crippen MR) is 82.0 cm³/mol. The van der Waals surface area contributed by atoms with E-state index in [1.165, 1.54) is 7.11 Å². The summed E-state index contributed by atoms with van der Waals surface area (Å²) in [6.07, 6.45) is -0.231. The van der Waals surface area contributed by atoms with E-state index in [9.17, 15) is 9.59 Å². The van der Waals surface area contributed by atoms with Crippen LogP contribution in [0.15, 0.2) is 22.7 Å². The summed E-state index contributed by atoms with van der Waals surface area (Å²) in [5, 5.41) is 0. The van der Waals surface area contributed by atoms with Gasteiger partial charge in [0.25, 0.3) is 0 Å². The Morgan fingerprint density at radius 2 is 1.86 bits per heavy atom. The Balaban J connectivity index is 2.45. The minimum Gasteiger partial charge on any atom is -0.493 e. The second-order valence-electron chi connectivity index (χ2n) is 3.84. The molecule has 1 aromatic carbocycles. The monoisotopic (exact) mass is 398 g/mol. The summed E-state index contributed by atoms with van der Waals surface area (Å²) in [5.74, 6) is -0.449. The lowest BCUT2D eigenvalue weighted by atomic mass is 10.3. The third-order valence-corrected chi connectivity index (χ3v) is 3.00. The number of rotatable bonds is 7. The first-order valence-corrected chi connectivity index (χ1v) is 7.57. The van der Waals surface area contributed by atoms with Crippen molar-refractivity contribution >= 4 is 51.1 Å². The van der Waals surface area contributed by atoms with Crippen LogP contribution in [0.3, 0.4) is 0 Å². The lowest BCUT2D eigenvalue weighted by Crippen LogP contribution is -2.14. The lowest BCUT2D eigenvalue weighted by Gasteiger charge is -2.09. The van der Waals surface area contributed by atoms with Gasteiger partial charge in [0.15, 0.2) is 11.5 Å². The third kappa shape index (κ3) is 7.02. The molecule has 0 unspecified atom stereocenters. The molecule has 116 valence electrons. The molecule has 0 saturated carbocycles. The summed E-state index contributed by atoms with van der Waals surface area (Å²) < 4.78 is 15.7. The highest BCUT2D eigenvalue weighted by Crippen LogP contribution is 2.30. The van der Waals surface area contributed by atoms with Crippen LogP contribution in [-0.4, -0.2) is 30.5 Å². The topological polar surface area (TPSA) is 61.8 Å². The zero-order chi connectivity index (χ0) is 15.8. The number of carbonyl (C=O) groups excluding carboxylic acids is 2. The van der Waals surface area contributed by atoms with Crippen molar-refractivity contribution in [3.8, 4) is 11.5 Å². The summed E-state index contributed by atoms with van der Waals surface area (Å²) in [4.78, 5) is 22.2. The molecule has 0 spiro atoms. The number of benzene rings is 1. The fourth-order valence-electron chi connectivity index (χ4n) is 1.33. The molecule has 0 aliphatic rings. The van der Waals surface area contributed by atoms with Gasteiger partial charge in [0.2, 0.25) is 0 Å². The Labute approximate surface area is 140 Å². The van der Waals surface area contributed by atoms with Crippen molar-refractivity contribution in [3.63, 3.8) is 0 Å². The Morgan fingerprint density at radius 3 is 2.48 bits per heavy atom. The van der Waals surface area contributed by atoms with Crippen molar-refractivity contribution < 1.29 is 23.8 Å². The van der Waals surface area contributed by atoms with Gasteiger partial charge in [-0.25, -0.2) is 0 Å². The first-order valence-electron chi connectivity index (χ1n) is 5.90. The molecule has 0 bridgehead atoms. The third-order valence-electron chi connectivity index (χ3n) is 2.25. The van der Waals surface area contributed by atoms with Crippen LogP contribution in [0.2, 0.25) is 0 Å². The van der Waals surface area contributed by atoms with E-state index in [1.807, 2.05) is 0 Å².